The largest absolute Gasteiger partial charge is 0.313 e. The van der Waals surface area contributed by atoms with Crippen LogP contribution in [-0.4, -0.2) is 21.8 Å². The van der Waals surface area contributed by atoms with Gasteiger partial charge in [-0.25, -0.2) is 0 Å². The number of benzene rings is 1. The third kappa shape index (κ3) is 2.93. The minimum Gasteiger partial charge on any atom is -0.313 e. The second-order valence-corrected chi connectivity index (χ2v) is 5.89. The Labute approximate surface area is 119 Å². The molecule has 0 bridgehead atoms. The Kier molecular flexibility index (Phi) is 4.42. The van der Waals surface area contributed by atoms with Gasteiger partial charge in [-0.3, -0.25) is 0 Å². The van der Waals surface area contributed by atoms with Crippen LogP contribution in [0.2, 0.25) is 0 Å². The highest BCUT2D eigenvalue weighted by atomic mass is 79.9. The number of nitrogens with one attached hydrogen (secondary N) is 1. The molecule has 1 aromatic heterocycles. The molecule has 1 atom stereocenters. The summed E-state index contributed by atoms with van der Waals surface area (Å²) in [5.74, 6) is 0. The fourth-order valence-electron chi connectivity index (χ4n) is 1.50. The average molecular weight is 327 g/mol. The van der Waals surface area contributed by atoms with Gasteiger partial charge in [0.1, 0.15) is 6.33 Å². The van der Waals surface area contributed by atoms with E-state index >= 15 is 0 Å². The molecule has 4 nitrogen and oxygen atoms in total. The number of hydrogen-bond donors (Lipinski definition) is 1. The number of rotatable bonds is 4. The van der Waals surface area contributed by atoms with E-state index in [2.05, 4.69) is 56.6 Å². The Morgan fingerprint density at radius 1 is 1.44 bits per heavy atom. The van der Waals surface area contributed by atoms with Crippen LogP contribution < -0.4 is 5.32 Å². The topological polar surface area (TPSA) is 42.7 Å². The highest BCUT2D eigenvalue weighted by molar-refractivity contribution is 9.10. The van der Waals surface area contributed by atoms with E-state index in [9.17, 15) is 0 Å². The molecule has 0 fully saturated rings. The quantitative estimate of drug-likeness (QED) is 0.937. The fraction of sp³-hybridized carbons (Fsp3) is 0.333. The van der Waals surface area contributed by atoms with E-state index in [1.54, 1.807) is 18.1 Å². The third-order valence-electron chi connectivity index (χ3n) is 2.76. The van der Waals surface area contributed by atoms with Crippen molar-refractivity contribution in [3.05, 3.63) is 34.6 Å². The van der Waals surface area contributed by atoms with E-state index in [4.69, 9.17) is 0 Å². The van der Waals surface area contributed by atoms with E-state index in [0.717, 1.165) is 14.5 Å². The summed E-state index contributed by atoms with van der Waals surface area (Å²) < 4.78 is 2.98. The molecule has 96 valence electrons. The van der Waals surface area contributed by atoms with Gasteiger partial charge >= 0.3 is 0 Å². The van der Waals surface area contributed by atoms with Crippen molar-refractivity contribution in [1.82, 2.24) is 20.1 Å². The first-order valence-electron chi connectivity index (χ1n) is 5.60. The van der Waals surface area contributed by atoms with Crippen molar-refractivity contribution in [2.24, 2.45) is 7.05 Å². The van der Waals surface area contributed by atoms with Crippen molar-refractivity contribution in [3.63, 3.8) is 0 Å². The van der Waals surface area contributed by atoms with Crippen molar-refractivity contribution in [2.75, 3.05) is 7.05 Å². The van der Waals surface area contributed by atoms with Gasteiger partial charge in [-0.1, -0.05) is 6.07 Å². The summed E-state index contributed by atoms with van der Waals surface area (Å²) in [6.45, 7) is 2.14. The van der Waals surface area contributed by atoms with Crippen LogP contribution in [0, 0.1) is 0 Å². The first-order valence-corrected chi connectivity index (χ1v) is 7.21. The van der Waals surface area contributed by atoms with Crippen LogP contribution in [-0.2, 0) is 7.05 Å². The van der Waals surface area contributed by atoms with E-state index in [1.807, 2.05) is 18.7 Å². The summed E-state index contributed by atoms with van der Waals surface area (Å²) in [5, 5.41) is 12.1. The van der Waals surface area contributed by atoms with Crippen molar-refractivity contribution >= 4 is 27.7 Å². The van der Waals surface area contributed by atoms with E-state index < -0.39 is 0 Å². The van der Waals surface area contributed by atoms with Crippen LogP contribution in [0.4, 0.5) is 0 Å². The molecule has 0 spiro atoms. The van der Waals surface area contributed by atoms with Gasteiger partial charge in [-0.15, -0.1) is 10.2 Å². The predicted molar refractivity (Wildman–Crippen MR) is 76.7 cm³/mol. The molecule has 0 amide bonds. The van der Waals surface area contributed by atoms with Crippen LogP contribution in [0.5, 0.6) is 0 Å². The van der Waals surface area contributed by atoms with Crippen molar-refractivity contribution in [1.29, 1.82) is 0 Å². The lowest BCUT2D eigenvalue weighted by Gasteiger charge is -2.12. The SMILES string of the molecule is CNC(C)c1ccc(Sc2nncn2C)c(Br)c1. The monoisotopic (exact) mass is 326 g/mol. The van der Waals surface area contributed by atoms with Crippen molar-refractivity contribution < 1.29 is 0 Å². The summed E-state index contributed by atoms with van der Waals surface area (Å²) in [6, 6.07) is 6.71. The molecule has 0 radical (unpaired) electrons. The van der Waals surface area contributed by atoms with Gasteiger partial charge in [0.2, 0.25) is 0 Å². The van der Waals surface area contributed by atoms with E-state index in [-0.39, 0.29) is 0 Å². The molecule has 6 heteroatoms. The second-order valence-electron chi connectivity index (χ2n) is 4.03. The number of halogens is 1. The zero-order chi connectivity index (χ0) is 13.1. The van der Waals surface area contributed by atoms with Crippen LogP contribution in [0.15, 0.2) is 39.1 Å². The summed E-state index contributed by atoms with van der Waals surface area (Å²) in [4.78, 5) is 1.14. The molecular weight excluding hydrogens is 312 g/mol. The minimum absolute atomic E-state index is 0.343. The molecule has 1 N–H and O–H groups in total. The zero-order valence-electron chi connectivity index (χ0n) is 10.5. The van der Waals surface area contributed by atoms with Gasteiger partial charge in [0.25, 0.3) is 0 Å². The standard InChI is InChI=1S/C12H15BrN4S/c1-8(14-2)9-4-5-11(10(13)6-9)18-12-16-15-7-17(12)3/h4-8,14H,1-3H3. The smallest absolute Gasteiger partial charge is 0.195 e. The summed E-state index contributed by atoms with van der Waals surface area (Å²) in [5.41, 5.74) is 1.26. The Morgan fingerprint density at radius 3 is 2.78 bits per heavy atom. The maximum Gasteiger partial charge on any atom is 0.195 e. The Balaban J connectivity index is 2.23. The van der Waals surface area contributed by atoms with Gasteiger partial charge in [0.05, 0.1) is 0 Å². The molecule has 2 rings (SSSR count). The van der Waals surface area contributed by atoms with Crippen LogP contribution in [0.25, 0.3) is 0 Å². The van der Waals surface area contributed by atoms with E-state index in [1.165, 1.54) is 5.56 Å². The normalized spacial score (nSPS) is 12.7. The highest BCUT2D eigenvalue weighted by Crippen LogP contribution is 2.33. The zero-order valence-corrected chi connectivity index (χ0v) is 12.9. The van der Waals surface area contributed by atoms with Crippen molar-refractivity contribution in [2.45, 2.75) is 23.0 Å². The average Bonchev–Trinajstić information content (AvgIpc) is 2.76. The summed E-state index contributed by atoms with van der Waals surface area (Å²) >= 11 is 5.21. The van der Waals surface area contributed by atoms with Gasteiger partial charge in [-0.2, -0.15) is 0 Å². The lowest BCUT2D eigenvalue weighted by atomic mass is 10.1. The molecule has 1 unspecified atom stereocenters. The van der Waals surface area contributed by atoms with E-state index in [0.29, 0.717) is 6.04 Å². The fourth-order valence-corrected chi connectivity index (χ4v) is 2.91. The van der Waals surface area contributed by atoms with Gasteiger partial charge in [0.15, 0.2) is 5.16 Å². The third-order valence-corrected chi connectivity index (χ3v) is 4.81. The molecule has 0 saturated carbocycles. The lowest BCUT2D eigenvalue weighted by Crippen LogP contribution is -2.12. The lowest BCUT2D eigenvalue weighted by molar-refractivity contribution is 0.651. The minimum atomic E-state index is 0.343. The maximum absolute atomic E-state index is 4.07. The van der Waals surface area contributed by atoms with Crippen molar-refractivity contribution in [3.8, 4) is 0 Å². The second kappa shape index (κ2) is 5.86. The van der Waals surface area contributed by atoms with Gasteiger partial charge in [-0.05, 0) is 59.4 Å². The number of aryl methyl sites for hydroxylation is 1. The van der Waals surface area contributed by atoms with Crippen LogP contribution in [0.1, 0.15) is 18.5 Å². The highest BCUT2D eigenvalue weighted by Gasteiger charge is 2.09. The first kappa shape index (κ1) is 13.6. The molecular formula is C12H15BrN4S. The Morgan fingerprint density at radius 2 is 2.22 bits per heavy atom. The first-order chi connectivity index (χ1) is 8.61. The molecule has 2 aromatic rings. The predicted octanol–water partition coefficient (Wildman–Crippen LogP) is 3.01. The summed E-state index contributed by atoms with van der Waals surface area (Å²) in [6.07, 6.45) is 1.70. The van der Waals surface area contributed by atoms with Crippen LogP contribution in [0.3, 0.4) is 0 Å². The number of aromatic nitrogens is 3. The Hall–Kier alpha value is -0.850. The summed E-state index contributed by atoms with van der Waals surface area (Å²) in [7, 11) is 3.90. The molecule has 18 heavy (non-hydrogen) atoms. The molecule has 0 aliphatic carbocycles. The van der Waals surface area contributed by atoms with Gasteiger partial charge < -0.3 is 9.88 Å². The number of nitrogens with zero attached hydrogens (tertiary/aromatic N) is 3. The molecule has 0 aliphatic rings. The molecule has 0 saturated heterocycles. The maximum atomic E-state index is 4.07. The Bertz CT molecular complexity index is 541. The molecule has 0 aliphatic heterocycles. The molecule has 1 heterocycles. The molecule has 1 aromatic carbocycles. The van der Waals surface area contributed by atoms with Crippen LogP contribution >= 0.6 is 27.7 Å². The number of hydrogen-bond acceptors (Lipinski definition) is 4. The van der Waals surface area contributed by atoms with Gasteiger partial charge in [0, 0.05) is 22.5 Å².